The number of fused-ring (bicyclic) bond motifs is 2. The molecule has 1 heterocycles. The molecular weight excluding hydrogens is 194 g/mol. The first-order chi connectivity index (χ1) is 7.93. The molecule has 2 atom stereocenters. The molecule has 1 aromatic rings. The van der Waals surface area contributed by atoms with Crippen molar-refractivity contribution in [2.75, 3.05) is 11.9 Å². The number of rotatable bonds is 0. The van der Waals surface area contributed by atoms with Gasteiger partial charge in [-0.25, -0.2) is 0 Å². The Bertz CT molecular complexity index is 514. The monoisotopic (exact) mass is 207 g/mol. The van der Waals surface area contributed by atoms with Crippen molar-refractivity contribution in [2.24, 2.45) is 11.8 Å². The Morgan fingerprint density at radius 1 is 1.12 bits per heavy atom. The van der Waals surface area contributed by atoms with Crippen LogP contribution in [0.25, 0.3) is 0 Å². The highest BCUT2D eigenvalue weighted by atomic mass is 14.9. The fourth-order valence-electron chi connectivity index (χ4n) is 2.14. The first kappa shape index (κ1) is 9.30. The van der Waals surface area contributed by atoms with Gasteiger partial charge in [0, 0.05) is 29.6 Å². The average Bonchev–Trinajstić information content (AvgIpc) is 2.32. The minimum absolute atomic E-state index is 0.353. The third-order valence-corrected chi connectivity index (χ3v) is 3.08. The van der Waals surface area contributed by atoms with E-state index in [0.717, 1.165) is 17.8 Å². The molecule has 0 spiro atoms. The van der Waals surface area contributed by atoms with Crippen molar-refractivity contribution in [3.05, 3.63) is 54.1 Å². The minimum atomic E-state index is 0.353. The molecule has 0 bridgehead atoms. The van der Waals surface area contributed by atoms with Gasteiger partial charge in [0.15, 0.2) is 0 Å². The van der Waals surface area contributed by atoms with Crippen LogP contribution in [0.2, 0.25) is 0 Å². The molecule has 3 rings (SSSR count). The van der Waals surface area contributed by atoms with Gasteiger partial charge in [-0.05, 0) is 12.1 Å². The fraction of sp³-hybridized carbons (Fsp3) is 0.200. The van der Waals surface area contributed by atoms with Gasteiger partial charge in [-0.1, -0.05) is 48.3 Å². The molecule has 1 nitrogen and oxygen atoms in total. The first-order valence-corrected chi connectivity index (χ1v) is 5.63. The van der Waals surface area contributed by atoms with Gasteiger partial charge in [-0.2, -0.15) is 0 Å². The van der Waals surface area contributed by atoms with Crippen molar-refractivity contribution < 1.29 is 0 Å². The van der Waals surface area contributed by atoms with Crippen molar-refractivity contribution in [1.82, 2.24) is 0 Å². The maximum absolute atomic E-state index is 3.48. The predicted octanol–water partition coefficient (Wildman–Crippen LogP) is 2.82. The van der Waals surface area contributed by atoms with Gasteiger partial charge in [-0.15, -0.1) is 0 Å². The molecule has 1 heteroatoms. The second kappa shape index (κ2) is 3.90. The van der Waals surface area contributed by atoms with E-state index >= 15 is 0 Å². The normalized spacial score (nSPS) is 25.2. The van der Waals surface area contributed by atoms with Crippen LogP contribution < -0.4 is 5.32 Å². The topological polar surface area (TPSA) is 12.0 Å². The molecule has 1 aromatic carbocycles. The van der Waals surface area contributed by atoms with Crippen molar-refractivity contribution in [3.63, 3.8) is 0 Å². The lowest BCUT2D eigenvalue weighted by molar-refractivity contribution is 0.592. The van der Waals surface area contributed by atoms with Gasteiger partial charge in [-0.3, -0.25) is 0 Å². The molecule has 0 amide bonds. The molecule has 0 saturated carbocycles. The summed E-state index contributed by atoms with van der Waals surface area (Å²) in [7, 11) is 0. The third-order valence-electron chi connectivity index (χ3n) is 3.08. The van der Waals surface area contributed by atoms with Crippen molar-refractivity contribution in [2.45, 2.75) is 0 Å². The van der Waals surface area contributed by atoms with Crippen molar-refractivity contribution in [1.29, 1.82) is 0 Å². The molecular formula is C15H13N. The second-order valence-electron chi connectivity index (χ2n) is 4.16. The molecule has 0 aromatic heterocycles. The van der Waals surface area contributed by atoms with Gasteiger partial charge in [0.25, 0.3) is 0 Å². The number of para-hydroxylation sites is 1. The summed E-state index contributed by atoms with van der Waals surface area (Å²) >= 11 is 0. The fourth-order valence-corrected chi connectivity index (χ4v) is 2.14. The summed E-state index contributed by atoms with van der Waals surface area (Å²) in [4.78, 5) is 0. The number of hydrogen-bond acceptors (Lipinski definition) is 1. The number of nitrogens with one attached hydrogen (secondary N) is 1. The Labute approximate surface area is 95.9 Å². The number of anilines is 1. The van der Waals surface area contributed by atoms with Crippen LogP contribution in [0.5, 0.6) is 0 Å². The molecule has 2 aliphatic rings. The number of benzene rings is 1. The average molecular weight is 207 g/mol. The molecule has 0 radical (unpaired) electrons. The molecule has 16 heavy (non-hydrogen) atoms. The molecule has 1 aliphatic heterocycles. The van der Waals surface area contributed by atoms with Gasteiger partial charge in [0.2, 0.25) is 0 Å². The number of allylic oxidation sites excluding steroid dienone is 3. The van der Waals surface area contributed by atoms with E-state index in [1.807, 2.05) is 12.1 Å². The summed E-state index contributed by atoms with van der Waals surface area (Å²) < 4.78 is 0. The maximum Gasteiger partial charge on any atom is 0.0499 e. The van der Waals surface area contributed by atoms with E-state index in [9.17, 15) is 0 Å². The minimum Gasteiger partial charge on any atom is -0.383 e. The zero-order chi connectivity index (χ0) is 10.8. The highest BCUT2D eigenvalue weighted by Crippen LogP contribution is 2.23. The molecule has 0 fully saturated rings. The summed E-state index contributed by atoms with van der Waals surface area (Å²) in [6.07, 6.45) is 8.62. The standard InChI is InChI=1S/C15H13N/c1-2-7-14-11-16-15-8-4-3-6-13(15)10-9-12(14)5-1/h1-8,12,14,16H,11H2. The summed E-state index contributed by atoms with van der Waals surface area (Å²) in [5, 5.41) is 3.48. The smallest absolute Gasteiger partial charge is 0.0499 e. The highest BCUT2D eigenvalue weighted by Gasteiger charge is 2.18. The summed E-state index contributed by atoms with van der Waals surface area (Å²) in [5.74, 6) is 7.46. The van der Waals surface area contributed by atoms with Crippen LogP contribution >= 0.6 is 0 Å². The first-order valence-electron chi connectivity index (χ1n) is 5.63. The Hall–Kier alpha value is -1.94. The van der Waals surface area contributed by atoms with E-state index in [0.29, 0.717) is 11.8 Å². The Balaban J connectivity index is 2.02. The number of hydrogen-bond donors (Lipinski definition) is 1. The lowest BCUT2D eigenvalue weighted by Crippen LogP contribution is -2.22. The van der Waals surface area contributed by atoms with E-state index in [-0.39, 0.29) is 0 Å². The maximum atomic E-state index is 3.48. The Kier molecular flexibility index (Phi) is 2.27. The van der Waals surface area contributed by atoms with Gasteiger partial charge in [0.1, 0.15) is 0 Å². The van der Waals surface area contributed by atoms with Crippen LogP contribution in [-0.2, 0) is 0 Å². The summed E-state index contributed by atoms with van der Waals surface area (Å²) in [6, 6.07) is 8.23. The van der Waals surface area contributed by atoms with Crippen molar-refractivity contribution in [3.8, 4) is 11.8 Å². The van der Waals surface area contributed by atoms with E-state index in [1.165, 1.54) is 0 Å². The Morgan fingerprint density at radius 2 is 2.00 bits per heavy atom. The van der Waals surface area contributed by atoms with Crippen LogP contribution in [-0.4, -0.2) is 6.54 Å². The van der Waals surface area contributed by atoms with E-state index in [4.69, 9.17) is 0 Å². The van der Waals surface area contributed by atoms with E-state index < -0.39 is 0 Å². The van der Waals surface area contributed by atoms with Crippen LogP contribution in [0.1, 0.15) is 5.56 Å². The SMILES string of the molecule is C1#CC2C=CC=CC2CNc2ccccc21. The largest absolute Gasteiger partial charge is 0.383 e. The molecule has 2 unspecified atom stereocenters. The van der Waals surface area contributed by atoms with Crippen LogP contribution in [0.3, 0.4) is 0 Å². The van der Waals surface area contributed by atoms with Gasteiger partial charge < -0.3 is 5.32 Å². The molecule has 1 N–H and O–H groups in total. The zero-order valence-corrected chi connectivity index (χ0v) is 8.98. The zero-order valence-electron chi connectivity index (χ0n) is 8.98. The Morgan fingerprint density at radius 3 is 3.00 bits per heavy atom. The molecule has 0 saturated heterocycles. The highest BCUT2D eigenvalue weighted by molar-refractivity contribution is 5.60. The van der Waals surface area contributed by atoms with Gasteiger partial charge >= 0.3 is 0 Å². The van der Waals surface area contributed by atoms with Crippen LogP contribution in [0.15, 0.2) is 48.6 Å². The van der Waals surface area contributed by atoms with Gasteiger partial charge in [0.05, 0.1) is 0 Å². The van der Waals surface area contributed by atoms with Crippen molar-refractivity contribution >= 4 is 5.69 Å². The third kappa shape index (κ3) is 1.63. The molecule has 1 aliphatic carbocycles. The lowest BCUT2D eigenvalue weighted by atomic mass is 9.87. The molecule has 78 valence electrons. The van der Waals surface area contributed by atoms with E-state index in [2.05, 4.69) is 53.6 Å². The lowest BCUT2D eigenvalue weighted by Gasteiger charge is -2.22. The van der Waals surface area contributed by atoms with Crippen LogP contribution in [0, 0.1) is 23.7 Å². The summed E-state index contributed by atoms with van der Waals surface area (Å²) in [6.45, 7) is 0.956. The second-order valence-corrected chi connectivity index (χ2v) is 4.16. The predicted molar refractivity (Wildman–Crippen MR) is 67.1 cm³/mol. The summed E-state index contributed by atoms with van der Waals surface area (Å²) in [5.41, 5.74) is 2.25. The van der Waals surface area contributed by atoms with Crippen LogP contribution in [0.4, 0.5) is 5.69 Å². The van der Waals surface area contributed by atoms with E-state index in [1.54, 1.807) is 0 Å². The quantitative estimate of drug-likeness (QED) is 0.645.